The number of fused-ring (bicyclic) bond motifs is 1. The molecule has 8 heteroatoms. The number of carbonyl (C=O) groups is 1. The number of thioether (sulfide) groups is 2. The fraction of sp³-hybridized carbons (Fsp3) is 0.353. The van der Waals surface area contributed by atoms with Crippen LogP contribution in [-0.2, 0) is 16.0 Å². The second-order valence-corrected chi connectivity index (χ2v) is 7.80. The van der Waals surface area contributed by atoms with E-state index in [9.17, 15) is 9.59 Å². The van der Waals surface area contributed by atoms with E-state index in [0.717, 1.165) is 17.9 Å². The van der Waals surface area contributed by atoms with Crippen LogP contribution in [0.5, 0.6) is 5.75 Å². The molecule has 0 spiro atoms. The van der Waals surface area contributed by atoms with Gasteiger partial charge in [0, 0.05) is 12.2 Å². The first-order valence-electron chi connectivity index (χ1n) is 7.72. The molecule has 0 N–H and O–H groups in total. The molecular weight excluding hydrogens is 360 g/mol. The quantitative estimate of drug-likeness (QED) is 0.450. The van der Waals surface area contributed by atoms with E-state index in [-0.39, 0.29) is 11.5 Å². The molecule has 1 aliphatic rings. The van der Waals surface area contributed by atoms with Gasteiger partial charge in [0.05, 0.1) is 30.5 Å². The molecule has 2 heterocycles. The van der Waals surface area contributed by atoms with Crippen molar-refractivity contribution in [2.75, 3.05) is 20.0 Å². The summed E-state index contributed by atoms with van der Waals surface area (Å²) in [7, 11) is 2.94. The summed E-state index contributed by atoms with van der Waals surface area (Å²) in [5, 5.41) is 0.0304. The van der Waals surface area contributed by atoms with Crippen LogP contribution in [0.2, 0.25) is 0 Å². The summed E-state index contributed by atoms with van der Waals surface area (Å²) in [6.07, 6.45) is 0.763. The molecule has 1 aromatic heterocycles. The summed E-state index contributed by atoms with van der Waals surface area (Å²) in [6.45, 7) is 1.74. The Bertz CT molecular complexity index is 849. The van der Waals surface area contributed by atoms with E-state index in [0.29, 0.717) is 21.5 Å². The molecule has 0 saturated carbocycles. The highest BCUT2D eigenvalue weighted by Crippen LogP contribution is 2.31. The number of ether oxygens (including phenoxy) is 2. The van der Waals surface area contributed by atoms with Crippen molar-refractivity contribution in [3.05, 3.63) is 40.3 Å². The minimum atomic E-state index is -0.464. The Balaban J connectivity index is 2.10. The van der Waals surface area contributed by atoms with Crippen molar-refractivity contribution in [2.45, 2.75) is 28.6 Å². The first-order chi connectivity index (χ1) is 12.0. The molecule has 0 fully saturated rings. The van der Waals surface area contributed by atoms with E-state index >= 15 is 0 Å². The summed E-state index contributed by atoms with van der Waals surface area (Å²) in [6, 6.07) is 7.20. The first kappa shape index (κ1) is 17.9. The van der Waals surface area contributed by atoms with Gasteiger partial charge < -0.3 is 9.47 Å². The highest BCUT2D eigenvalue weighted by Gasteiger charge is 2.25. The Hall–Kier alpha value is -1.93. The summed E-state index contributed by atoms with van der Waals surface area (Å²) in [4.78, 5) is 30.1. The smallest absolute Gasteiger partial charge is 0.318 e. The number of rotatable bonds is 5. The highest BCUT2D eigenvalue weighted by atomic mass is 32.2. The van der Waals surface area contributed by atoms with Crippen LogP contribution >= 0.6 is 23.5 Å². The lowest BCUT2D eigenvalue weighted by Gasteiger charge is -2.16. The van der Waals surface area contributed by atoms with Crippen LogP contribution in [-0.4, -0.2) is 40.7 Å². The monoisotopic (exact) mass is 378 g/mol. The Morgan fingerprint density at radius 2 is 2.04 bits per heavy atom. The number of nitrogens with zero attached hydrogens (tertiary/aromatic N) is 2. The van der Waals surface area contributed by atoms with E-state index in [1.165, 1.54) is 30.6 Å². The molecule has 0 bridgehead atoms. The molecule has 0 saturated heterocycles. The first-order valence-corrected chi connectivity index (χ1v) is 9.59. The van der Waals surface area contributed by atoms with Crippen LogP contribution < -0.4 is 10.3 Å². The van der Waals surface area contributed by atoms with Crippen LogP contribution in [0.15, 0.2) is 39.1 Å². The van der Waals surface area contributed by atoms with Gasteiger partial charge in [-0.05, 0) is 31.2 Å². The minimum absolute atomic E-state index is 0.0998. The van der Waals surface area contributed by atoms with Gasteiger partial charge in [0.2, 0.25) is 0 Å². The van der Waals surface area contributed by atoms with Gasteiger partial charge in [0.15, 0.2) is 5.16 Å². The van der Waals surface area contributed by atoms with E-state index in [2.05, 4.69) is 4.98 Å². The van der Waals surface area contributed by atoms with Gasteiger partial charge in [0.25, 0.3) is 5.56 Å². The van der Waals surface area contributed by atoms with Crippen molar-refractivity contribution in [3.63, 3.8) is 0 Å². The number of hydrogen-bond acceptors (Lipinski definition) is 7. The Labute approximate surface area is 153 Å². The third-order valence-electron chi connectivity index (χ3n) is 3.81. The summed E-state index contributed by atoms with van der Waals surface area (Å²) >= 11 is 2.75. The molecule has 3 rings (SSSR count). The van der Waals surface area contributed by atoms with Crippen LogP contribution in [0.25, 0.3) is 5.69 Å². The van der Waals surface area contributed by atoms with Gasteiger partial charge in [-0.1, -0.05) is 11.8 Å². The van der Waals surface area contributed by atoms with Gasteiger partial charge in [-0.2, -0.15) is 0 Å². The largest absolute Gasteiger partial charge is 0.497 e. The topological polar surface area (TPSA) is 70.4 Å². The van der Waals surface area contributed by atoms with Crippen LogP contribution in [0.4, 0.5) is 0 Å². The van der Waals surface area contributed by atoms with Gasteiger partial charge in [-0.3, -0.25) is 14.2 Å². The fourth-order valence-electron chi connectivity index (χ4n) is 2.50. The number of benzene rings is 1. The summed E-state index contributed by atoms with van der Waals surface area (Å²) in [5.74, 6) is 1.20. The Kier molecular flexibility index (Phi) is 5.39. The Morgan fingerprint density at radius 1 is 1.32 bits per heavy atom. The van der Waals surface area contributed by atoms with Crippen molar-refractivity contribution >= 4 is 29.5 Å². The third kappa shape index (κ3) is 3.55. The summed E-state index contributed by atoms with van der Waals surface area (Å²) < 4.78 is 11.5. The maximum Gasteiger partial charge on any atom is 0.318 e. The summed E-state index contributed by atoms with van der Waals surface area (Å²) in [5.41, 5.74) is 1.39. The predicted octanol–water partition coefficient (Wildman–Crippen LogP) is 2.54. The van der Waals surface area contributed by atoms with Crippen LogP contribution in [0, 0.1) is 0 Å². The molecule has 6 nitrogen and oxygen atoms in total. The third-order valence-corrected chi connectivity index (χ3v) is 5.95. The SMILES string of the molecule is COC(=O)[C@H](C)Sc1nc2c(c(=O)n1-c1ccc(OC)cc1)SCC2. The van der Waals surface area contributed by atoms with E-state index < -0.39 is 5.25 Å². The zero-order valence-electron chi connectivity index (χ0n) is 14.1. The zero-order valence-corrected chi connectivity index (χ0v) is 15.8. The lowest BCUT2D eigenvalue weighted by molar-refractivity contribution is -0.139. The average Bonchev–Trinajstić information content (AvgIpc) is 3.10. The number of aromatic nitrogens is 2. The van der Waals surface area contributed by atoms with Crippen LogP contribution in [0.3, 0.4) is 0 Å². The molecule has 0 amide bonds. The number of carbonyl (C=O) groups excluding carboxylic acids is 1. The van der Waals surface area contributed by atoms with Crippen molar-refractivity contribution in [1.29, 1.82) is 0 Å². The van der Waals surface area contributed by atoms with Crippen LogP contribution in [0.1, 0.15) is 12.6 Å². The maximum absolute atomic E-state index is 13.0. The predicted molar refractivity (Wildman–Crippen MR) is 98.1 cm³/mol. The van der Waals surface area contributed by atoms with Gasteiger partial charge in [0.1, 0.15) is 11.0 Å². The molecule has 1 aromatic carbocycles. The van der Waals surface area contributed by atoms with Crippen molar-refractivity contribution in [1.82, 2.24) is 9.55 Å². The van der Waals surface area contributed by atoms with Crippen molar-refractivity contribution < 1.29 is 14.3 Å². The molecule has 132 valence electrons. The van der Waals surface area contributed by atoms with Crippen molar-refractivity contribution in [3.8, 4) is 11.4 Å². The second kappa shape index (κ2) is 7.53. The normalized spacial score (nSPS) is 14.0. The Morgan fingerprint density at radius 3 is 2.68 bits per heavy atom. The van der Waals surface area contributed by atoms with Crippen molar-refractivity contribution in [2.24, 2.45) is 0 Å². The lowest BCUT2D eigenvalue weighted by atomic mass is 10.3. The maximum atomic E-state index is 13.0. The number of hydrogen-bond donors (Lipinski definition) is 0. The molecule has 1 aliphatic heterocycles. The lowest BCUT2D eigenvalue weighted by Crippen LogP contribution is -2.25. The zero-order chi connectivity index (χ0) is 18.0. The number of methoxy groups -OCH3 is 2. The molecule has 0 unspecified atom stereocenters. The van der Waals surface area contributed by atoms with E-state index in [1.807, 2.05) is 0 Å². The van der Waals surface area contributed by atoms with E-state index in [4.69, 9.17) is 9.47 Å². The number of esters is 1. The molecule has 0 radical (unpaired) electrons. The van der Waals surface area contributed by atoms with Gasteiger partial charge >= 0.3 is 5.97 Å². The molecule has 0 aliphatic carbocycles. The molecule has 25 heavy (non-hydrogen) atoms. The average molecular weight is 378 g/mol. The minimum Gasteiger partial charge on any atom is -0.497 e. The fourth-order valence-corrected chi connectivity index (χ4v) is 4.50. The molecular formula is C17H18N2O4S2. The second-order valence-electron chi connectivity index (χ2n) is 5.39. The number of aryl methyl sites for hydroxylation is 1. The molecule has 1 atom stereocenters. The molecule has 2 aromatic rings. The van der Waals surface area contributed by atoms with E-state index in [1.54, 1.807) is 42.9 Å². The standard InChI is InChI=1S/C17H18N2O4S2/c1-10(16(21)23-3)25-17-18-13-8-9-24-14(13)15(20)19(17)11-4-6-12(22-2)7-5-11/h4-7,10H,8-9H2,1-3H3/t10-/m0/s1. The highest BCUT2D eigenvalue weighted by molar-refractivity contribution is 8.00. The van der Waals surface area contributed by atoms with Gasteiger partial charge in [-0.15, -0.1) is 11.8 Å². The van der Waals surface area contributed by atoms with Gasteiger partial charge in [-0.25, -0.2) is 4.98 Å².